The largest absolute Gasteiger partial charge is 0.481 e. The second-order valence-electron chi connectivity index (χ2n) is 4.69. The number of aromatic nitrogens is 2. The first-order chi connectivity index (χ1) is 7.90. The molecule has 0 amide bonds. The maximum absolute atomic E-state index is 11.0. The number of benzene rings is 1. The van der Waals surface area contributed by atoms with E-state index in [2.05, 4.69) is 9.97 Å². The minimum absolute atomic E-state index is 0.341. The van der Waals surface area contributed by atoms with E-state index in [4.69, 9.17) is 16.7 Å². The number of nitrogens with one attached hydrogen (secondary N) is 1. The van der Waals surface area contributed by atoms with Gasteiger partial charge in [0, 0.05) is 6.42 Å². The number of hydrogen-bond donors (Lipinski definition) is 2. The molecule has 0 aliphatic rings. The van der Waals surface area contributed by atoms with Gasteiger partial charge in [0.05, 0.1) is 16.0 Å². The van der Waals surface area contributed by atoms with Crippen LogP contribution in [0.5, 0.6) is 0 Å². The molecule has 0 aliphatic heterocycles. The first-order valence-corrected chi connectivity index (χ1v) is 5.64. The molecule has 1 heterocycles. The van der Waals surface area contributed by atoms with E-state index < -0.39 is 11.4 Å². The average Bonchev–Trinajstić information content (AvgIpc) is 2.60. The number of rotatable bonds is 3. The number of imidazole rings is 1. The Morgan fingerprint density at radius 2 is 2.24 bits per heavy atom. The Morgan fingerprint density at radius 3 is 2.82 bits per heavy atom. The number of halogens is 1. The lowest BCUT2D eigenvalue weighted by Crippen LogP contribution is -2.26. The number of carbonyl (C=O) groups is 1. The Hall–Kier alpha value is -1.55. The first-order valence-electron chi connectivity index (χ1n) is 5.27. The van der Waals surface area contributed by atoms with Gasteiger partial charge in [-0.1, -0.05) is 17.7 Å². The number of H-pyrrole nitrogens is 1. The SMILES string of the molecule is CC(C)(Cc1nc2c(Cl)cccc2[nH]1)C(=O)O. The summed E-state index contributed by atoms with van der Waals surface area (Å²) in [4.78, 5) is 18.5. The van der Waals surface area contributed by atoms with Gasteiger partial charge in [-0.25, -0.2) is 4.98 Å². The lowest BCUT2D eigenvalue weighted by Gasteiger charge is -2.16. The topological polar surface area (TPSA) is 66.0 Å². The number of carboxylic acids is 1. The van der Waals surface area contributed by atoms with Gasteiger partial charge in [0.1, 0.15) is 11.3 Å². The van der Waals surface area contributed by atoms with Gasteiger partial charge in [0.25, 0.3) is 0 Å². The molecular formula is C12H13ClN2O2. The second kappa shape index (κ2) is 4.04. The molecule has 17 heavy (non-hydrogen) atoms. The van der Waals surface area contributed by atoms with Gasteiger partial charge in [-0.05, 0) is 26.0 Å². The molecule has 2 rings (SSSR count). The monoisotopic (exact) mass is 252 g/mol. The van der Waals surface area contributed by atoms with Crippen molar-refractivity contribution in [2.45, 2.75) is 20.3 Å². The van der Waals surface area contributed by atoms with E-state index in [9.17, 15) is 4.79 Å². The minimum atomic E-state index is -0.847. The molecule has 1 aromatic carbocycles. The van der Waals surface area contributed by atoms with Crippen molar-refractivity contribution in [2.75, 3.05) is 0 Å². The fourth-order valence-corrected chi connectivity index (χ4v) is 1.84. The summed E-state index contributed by atoms with van der Waals surface area (Å²) in [7, 11) is 0. The molecule has 2 N–H and O–H groups in total. The molecule has 0 spiro atoms. The molecule has 0 saturated heterocycles. The average molecular weight is 253 g/mol. The molecule has 0 fully saturated rings. The highest BCUT2D eigenvalue weighted by atomic mass is 35.5. The fourth-order valence-electron chi connectivity index (χ4n) is 1.63. The van der Waals surface area contributed by atoms with Crippen LogP contribution < -0.4 is 0 Å². The fraction of sp³-hybridized carbons (Fsp3) is 0.333. The number of nitrogens with zero attached hydrogens (tertiary/aromatic N) is 1. The van der Waals surface area contributed by atoms with E-state index in [1.807, 2.05) is 12.1 Å². The highest BCUT2D eigenvalue weighted by molar-refractivity contribution is 6.34. The van der Waals surface area contributed by atoms with Crippen LogP contribution >= 0.6 is 11.6 Å². The number of aliphatic carboxylic acids is 1. The highest BCUT2D eigenvalue weighted by Crippen LogP contribution is 2.25. The maximum Gasteiger partial charge on any atom is 0.309 e. The molecular weight excluding hydrogens is 240 g/mol. The smallest absolute Gasteiger partial charge is 0.309 e. The third-order valence-electron chi connectivity index (χ3n) is 2.70. The van der Waals surface area contributed by atoms with Gasteiger partial charge in [0.2, 0.25) is 0 Å². The van der Waals surface area contributed by atoms with Crippen LogP contribution in [0.2, 0.25) is 5.02 Å². The van der Waals surface area contributed by atoms with Crippen molar-refractivity contribution < 1.29 is 9.90 Å². The van der Waals surface area contributed by atoms with Gasteiger partial charge >= 0.3 is 5.97 Å². The Morgan fingerprint density at radius 1 is 1.53 bits per heavy atom. The Labute approximate surface area is 104 Å². The van der Waals surface area contributed by atoms with E-state index >= 15 is 0 Å². The Bertz CT molecular complexity index is 575. The zero-order chi connectivity index (χ0) is 12.6. The zero-order valence-electron chi connectivity index (χ0n) is 9.62. The van der Waals surface area contributed by atoms with Gasteiger partial charge in [-0.2, -0.15) is 0 Å². The number of aromatic amines is 1. The molecule has 0 atom stereocenters. The number of fused-ring (bicyclic) bond motifs is 1. The molecule has 0 radical (unpaired) electrons. The molecule has 0 unspecified atom stereocenters. The quantitative estimate of drug-likeness (QED) is 0.883. The van der Waals surface area contributed by atoms with Crippen molar-refractivity contribution >= 4 is 28.6 Å². The van der Waals surface area contributed by atoms with Crippen LogP contribution in [-0.2, 0) is 11.2 Å². The van der Waals surface area contributed by atoms with Gasteiger partial charge in [-0.3, -0.25) is 4.79 Å². The standard InChI is InChI=1S/C12H13ClN2O2/c1-12(2,11(16)17)6-9-14-8-5-3-4-7(13)10(8)15-9/h3-5H,6H2,1-2H3,(H,14,15)(H,16,17). The zero-order valence-corrected chi connectivity index (χ0v) is 10.4. The van der Waals surface area contributed by atoms with E-state index in [1.54, 1.807) is 19.9 Å². The molecule has 1 aromatic heterocycles. The van der Waals surface area contributed by atoms with Crippen LogP contribution in [0.25, 0.3) is 11.0 Å². The van der Waals surface area contributed by atoms with Crippen LogP contribution in [0.4, 0.5) is 0 Å². The molecule has 0 saturated carbocycles. The Balaban J connectivity index is 2.38. The van der Waals surface area contributed by atoms with Crippen molar-refractivity contribution in [1.29, 1.82) is 0 Å². The number of carboxylic acid groups (broad SMARTS) is 1. The van der Waals surface area contributed by atoms with Gasteiger partial charge in [-0.15, -0.1) is 0 Å². The molecule has 0 aliphatic carbocycles. The van der Waals surface area contributed by atoms with Crippen molar-refractivity contribution in [3.63, 3.8) is 0 Å². The van der Waals surface area contributed by atoms with Crippen LogP contribution in [0.3, 0.4) is 0 Å². The van der Waals surface area contributed by atoms with Crippen LogP contribution in [0.15, 0.2) is 18.2 Å². The summed E-state index contributed by atoms with van der Waals surface area (Å²) in [5.74, 6) is -0.204. The molecule has 0 bridgehead atoms. The van der Waals surface area contributed by atoms with E-state index in [0.29, 0.717) is 22.8 Å². The summed E-state index contributed by atoms with van der Waals surface area (Å²) in [6.07, 6.45) is 0.341. The lowest BCUT2D eigenvalue weighted by atomic mass is 9.89. The molecule has 2 aromatic rings. The van der Waals surface area contributed by atoms with Crippen molar-refractivity contribution in [3.05, 3.63) is 29.0 Å². The van der Waals surface area contributed by atoms with Crippen molar-refractivity contribution in [2.24, 2.45) is 5.41 Å². The second-order valence-corrected chi connectivity index (χ2v) is 5.09. The van der Waals surface area contributed by atoms with Crippen LogP contribution in [-0.4, -0.2) is 21.0 Å². The summed E-state index contributed by atoms with van der Waals surface area (Å²) >= 11 is 6.01. The van der Waals surface area contributed by atoms with Crippen LogP contribution in [0.1, 0.15) is 19.7 Å². The van der Waals surface area contributed by atoms with Gasteiger partial charge < -0.3 is 10.1 Å². The first kappa shape index (κ1) is 11.9. The summed E-state index contributed by atoms with van der Waals surface area (Å²) in [5, 5.41) is 9.63. The summed E-state index contributed by atoms with van der Waals surface area (Å²) < 4.78 is 0. The minimum Gasteiger partial charge on any atom is -0.481 e. The summed E-state index contributed by atoms with van der Waals surface area (Å²) in [6.45, 7) is 3.34. The predicted molar refractivity (Wildman–Crippen MR) is 66.2 cm³/mol. The maximum atomic E-state index is 11.0. The Kier molecular flexibility index (Phi) is 2.83. The number of hydrogen-bond acceptors (Lipinski definition) is 2. The summed E-state index contributed by atoms with van der Waals surface area (Å²) in [6, 6.07) is 5.46. The third kappa shape index (κ3) is 2.26. The van der Waals surface area contributed by atoms with Crippen LogP contribution in [0, 0.1) is 5.41 Å². The van der Waals surface area contributed by atoms with Gasteiger partial charge in [0.15, 0.2) is 0 Å². The van der Waals surface area contributed by atoms with E-state index in [-0.39, 0.29) is 0 Å². The van der Waals surface area contributed by atoms with E-state index in [1.165, 1.54) is 0 Å². The molecule has 90 valence electrons. The lowest BCUT2D eigenvalue weighted by molar-refractivity contribution is -0.146. The molecule has 5 heteroatoms. The number of para-hydroxylation sites is 1. The third-order valence-corrected chi connectivity index (χ3v) is 3.01. The molecule has 4 nitrogen and oxygen atoms in total. The van der Waals surface area contributed by atoms with Crippen molar-refractivity contribution in [1.82, 2.24) is 9.97 Å². The predicted octanol–water partition coefficient (Wildman–Crippen LogP) is 2.87. The highest BCUT2D eigenvalue weighted by Gasteiger charge is 2.28. The van der Waals surface area contributed by atoms with E-state index in [0.717, 1.165) is 5.52 Å². The van der Waals surface area contributed by atoms with Crippen molar-refractivity contribution in [3.8, 4) is 0 Å². The summed E-state index contributed by atoms with van der Waals surface area (Å²) in [5.41, 5.74) is 0.666. The normalized spacial score (nSPS) is 11.9.